The van der Waals surface area contributed by atoms with Gasteiger partial charge in [0, 0.05) is 25.7 Å². The lowest BCUT2D eigenvalue weighted by atomic mass is 9.90. The van der Waals surface area contributed by atoms with Crippen LogP contribution < -0.4 is 0 Å². The molecule has 0 spiro atoms. The molecule has 1 fully saturated rings. The molecule has 2 atom stereocenters. The number of rotatable bonds is 11. The Bertz CT molecular complexity index is 1370. The molecule has 0 heterocycles. The zero-order chi connectivity index (χ0) is 27.4. The topological polar surface area (TPSA) is 118 Å². The van der Waals surface area contributed by atoms with Crippen LogP contribution in [0.25, 0.3) is 0 Å². The summed E-state index contributed by atoms with van der Waals surface area (Å²) in [5.41, 5.74) is 1.84. The average molecular weight is 573 g/mol. The van der Waals surface area contributed by atoms with Crippen LogP contribution in [0.5, 0.6) is 0 Å². The molecule has 0 unspecified atom stereocenters. The zero-order valence-corrected chi connectivity index (χ0v) is 24.1. The second-order valence-corrected chi connectivity index (χ2v) is 15.1. The molecule has 0 aliphatic heterocycles. The van der Waals surface area contributed by atoms with E-state index in [2.05, 4.69) is 0 Å². The molecule has 1 aliphatic carbocycles. The Hall–Kier alpha value is -1.83. The minimum atomic E-state index is -4.01. The molecule has 0 amide bonds. The average Bonchev–Trinajstić information content (AvgIpc) is 2.83. The van der Waals surface area contributed by atoms with E-state index >= 15 is 0 Å². The first-order valence-electron chi connectivity index (χ1n) is 12.2. The van der Waals surface area contributed by atoms with Crippen LogP contribution in [0.15, 0.2) is 58.3 Å². The van der Waals surface area contributed by atoms with Crippen molar-refractivity contribution >= 4 is 30.2 Å². The van der Waals surface area contributed by atoms with Crippen LogP contribution in [0.3, 0.4) is 0 Å². The van der Waals surface area contributed by atoms with Crippen molar-refractivity contribution in [1.82, 2.24) is 8.61 Å². The van der Waals surface area contributed by atoms with E-state index in [9.17, 15) is 25.3 Å². The number of hydrogen-bond donors (Lipinski definition) is 0. The van der Waals surface area contributed by atoms with E-state index in [1.807, 2.05) is 13.8 Å². The quantitative estimate of drug-likeness (QED) is 0.299. The standard InChI is InChI=1S/C25H36N2O7S3/c1-20-10-14-22(15-11-20)36(30,31)26(3)24-8-5-6-9-25(24)27(18-7-19-34-35(4,28)29)37(32,33)23-16-12-21(2)13-17-23/h10-17,24-25H,5-9,18-19H2,1-4H3/t24-,25-/m1/s1. The monoisotopic (exact) mass is 572 g/mol. The molecule has 206 valence electrons. The van der Waals surface area contributed by atoms with Gasteiger partial charge < -0.3 is 0 Å². The first-order valence-corrected chi connectivity index (χ1v) is 16.9. The van der Waals surface area contributed by atoms with Gasteiger partial charge in [0.15, 0.2) is 0 Å². The Morgan fingerprint density at radius 1 is 0.757 bits per heavy atom. The number of likely N-dealkylation sites (N-methyl/N-ethyl adjacent to an activating group) is 1. The minimum absolute atomic E-state index is 0.00862. The van der Waals surface area contributed by atoms with Crippen molar-refractivity contribution in [2.24, 2.45) is 0 Å². The molecule has 37 heavy (non-hydrogen) atoms. The lowest BCUT2D eigenvalue weighted by molar-refractivity contribution is 0.152. The van der Waals surface area contributed by atoms with Crippen LogP contribution >= 0.6 is 0 Å². The Morgan fingerprint density at radius 2 is 1.22 bits per heavy atom. The van der Waals surface area contributed by atoms with Gasteiger partial charge in [-0.25, -0.2) is 16.8 Å². The second kappa shape index (κ2) is 11.9. The van der Waals surface area contributed by atoms with E-state index in [1.54, 1.807) is 36.4 Å². The van der Waals surface area contributed by atoms with Gasteiger partial charge in [-0.15, -0.1) is 0 Å². The predicted octanol–water partition coefficient (Wildman–Crippen LogP) is 3.29. The van der Waals surface area contributed by atoms with Crippen molar-refractivity contribution in [2.45, 2.75) is 67.8 Å². The van der Waals surface area contributed by atoms with Crippen molar-refractivity contribution in [3.63, 3.8) is 0 Å². The lowest BCUT2D eigenvalue weighted by Crippen LogP contribution is -2.55. The van der Waals surface area contributed by atoms with Gasteiger partial charge in [0.2, 0.25) is 20.0 Å². The molecular weight excluding hydrogens is 536 g/mol. The van der Waals surface area contributed by atoms with Gasteiger partial charge in [-0.05, 0) is 57.4 Å². The van der Waals surface area contributed by atoms with E-state index in [-0.39, 0.29) is 29.4 Å². The van der Waals surface area contributed by atoms with Gasteiger partial charge in [-0.3, -0.25) is 4.18 Å². The Kier molecular flexibility index (Phi) is 9.57. The lowest BCUT2D eigenvalue weighted by Gasteiger charge is -2.42. The SMILES string of the molecule is Cc1ccc(S(=O)(=O)N(C)[C@@H]2CCCC[C@H]2N(CCCOS(C)(=O)=O)S(=O)(=O)c2ccc(C)cc2)cc1. The summed E-state index contributed by atoms with van der Waals surface area (Å²) in [4.78, 5) is 0.259. The normalized spacial score (nSPS) is 19.4. The van der Waals surface area contributed by atoms with Crippen LogP contribution in [0.2, 0.25) is 0 Å². The maximum atomic E-state index is 13.9. The smallest absolute Gasteiger partial charge is 0.264 e. The van der Waals surface area contributed by atoms with Crippen LogP contribution in [-0.2, 0) is 34.3 Å². The largest absolute Gasteiger partial charge is 0.270 e. The summed E-state index contributed by atoms with van der Waals surface area (Å²) in [6.45, 7) is 3.55. The number of benzene rings is 2. The fourth-order valence-electron chi connectivity index (χ4n) is 4.65. The molecule has 9 nitrogen and oxygen atoms in total. The van der Waals surface area contributed by atoms with Crippen molar-refractivity contribution in [1.29, 1.82) is 0 Å². The number of nitrogens with zero attached hydrogens (tertiary/aromatic N) is 2. The summed E-state index contributed by atoms with van der Waals surface area (Å²) in [5.74, 6) is 0. The molecule has 0 bridgehead atoms. The maximum Gasteiger partial charge on any atom is 0.264 e. The van der Waals surface area contributed by atoms with E-state index in [0.29, 0.717) is 12.8 Å². The highest BCUT2D eigenvalue weighted by atomic mass is 32.2. The van der Waals surface area contributed by atoms with E-state index in [1.165, 1.54) is 27.8 Å². The third kappa shape index (κ3) is 7.39. The highest BCUT2D eigenvalue weighted by Crippen LogP contribution is 2.33. The highest BCUT2D eigenvalue weighted by molar-refractivity contribution is 7.89. The van der Waals surface area contributed by atoms with Crippen LogP contribution in [0.1, 0.15) is 43.2 Å². The fraction of sp³-hybridized carbons (Fsp3) is 0.520. The van der Waals surface area contributed by atoms with Gasteiger partial charge in [0.1, 0.15) is 0 Å². The van der Waals surface area contributed by atoms with Crippen LogP contribution in [0.4, 0.5) is 0 Å². The Labute approximate surface area is 221 Å². The molecule has 0 radical (unpaired) electrons. The number of hydrogen-bond acceptors (Lipinski definition) is 7. The predicted molar refractivity (Wildman–Crippen MR) is 143 cm³/mol. The van der Waals surface area contributed by atoms with Crippen molar-refractivity contribution in [3.05, 3.63) is 59.7 Å². The molecule has 2 aromatic carbocycles. The van der Waals surface area contributed by atoms with E-state index in [4.69, 9.17) is 4.18 Å². The number of aryl methyl sites for hydroxylation is 2. The third-order valence-electron chi connectivity index (χ3n) is 6.68. The van der Waals surface area contributed by atoms with Crippen molar-refractivity contribution in [3.8, 4) is 0 Å². The van der Waals surface area contributed by atoms with Crippen LogP contribution in [-0.4, -0.2) is 72.4 Å². The summed E-state index contributed by atoms with van der Waals surface area (Å²) in [5, 5.41) is 0. The van der Waals surface area contributed by atoms with Gasteiger partial charge >= 0.3 is 0 Å². The third-order valence-corrected chi connectivity index (χ3v) is 11.1. The van der Waals surface area contributed by atoms with E-state index in [0.717, 1.165) is 30.2 Å². The molecule has 0 aromatic heterocycles. The van der Waals surface area contributed by atoms with Crippen molar-refractivity contribution < 1.29 is 29.4 Å². The van der Waals surface area contributed by atoms with Gasteiger partial charge in [-0.2, -0.15) is 17.0 Å². The van der Waals surface area contributed by atoms with Crippen LogP contribution in [0, 0.1) is 13.8 Å². The fourth-order valence-corrected chi connectivity index (χ4v) is 8.21. The summed E-state index contributed by atoms with van der Waals surface area (Å²) < 4.78 is 85.0. The maximum absolute atomic E-state index is 13.9. The van der Waals surface area contributed by atoms with Gasteiger partial charge in [0.25, 0.3) is 10.1 Å². The Morgan fingerprint density at radius 3 is 1.70 bits per heavy atom. The first kappa shape index (κ1) is 29.7. The van der Waals surface area contributed by atoms with Crippen molar-refractivity contribution in [2.75, 3.05) is 26.5 Å². The summed E-state index contributed by atoms with van der Waals surface area (Å²) in [6.07, 6.45) is 3.58. The summed E-state index contributed by atoms with van der Waals surface area (Å²) >= 11 is 0. The molecule has 1 aliphatic rings. The molecular formula is C25H36N2O7S3. The molecule has 0 saturated heterocycles. The highest BCUT2D eigenvalue weighted by Gasteiger charge is 2.42. The molecule has 2 aromatic rings. The summed E-state index contributed by atoms with van der Waals surface area (Å²) in [7, 11) is -10.1. The minimum Gasteiger partial charge on any atom is -0.270 e. The molecule has 0 N–H and O–H groups in total. The van der Waals surface area contributed by atoms with Gasteiger partial charge in [0.05, 0.1) is 22.7 Å². The first-order chi connectivity index (χ1) is 17.2. The Balaban J connectivity index is 1.97. The summed E-state index contributed by atoms with van der Waals surface area (Å²) in [6, 6.07) is 11.9. The molecule has 12 heteroatoms. The van der Waals surface area contributed by atoms with Gasteiger partial charge in [-0.1, -0.05) is 48.2 Å². The second-order valence-electron chi connectivity index (χ2n) is 9.56. The molecule has 1 saturated carbocycles. The number of sulfonamides is 2. The molecule has 3 rings (SSSR count). The zero-order valence-electron chi connectivity index (χ0n) is 21.7. The van der Waals surface area contributed by atoms with E-state index < -0.39 is 42.2 Å².